The highest BCUT2D eigenvalue weighted by Gasteiger charge is 2.09. The van der Waals surface area contributed by atoms with E-state index in [1.807, 2.05) is 18.2 Å². The number of hydrogen-bond acceptors (Lipinski definition) is 2. The van der Waals surface area contributed by atoms with Gasteiger partial charge in [-0.05, 0) is 24.8 Å². The first kappa shape index (κ1) is 15.0. The van der Waals surface area contributed by atoms with Crippen molar-refractivity contribution >= 4 is 5.97 Å². The fourth-order valence-corrected chi connectivity index (χ4v) is 1.60. The van der Waals surface area contributed by atoms with Crippen LogP contribution in [0.1, 0.15) is 25.3 Å². The van der Waals surface area contributed by atoms with Gasteiger partial charge in [0.1, 0.15) is 0 Å². The zero-order valence-corrected chi connectivity index (χ0v) is 11.1. The van der Waals surface area contributed by atoms with Crippen molar-refractivity contribution < 1.29 is 9.90 Å². The molecule has 1 heterocycles. The molecule has 0 saturated heterocycles. The number of hydrogen-bond donors (Lipinski definition) is 2. The van der Waals surface area contributed by atoms with Crippen molar-refractivity contribution in [3.05, 3.63) is 54.6 Å². The van der Waals surface area contributed by atoms with Crippen molar-refractivity contribution in [2.45, 2.75) is 26.2 Å². The van der Waals surface area contributed by atoms with Crippen molar-refractivity contribution in [3.63, 3.8) is 0 Å². The first-order chi connectivity index (χ1) is 9.20. The Morgan fingerprint density at radius 2 is 2.11 bits per heavy atom. The molecule has 0 bridgehead atoms. The lowest BCUT2D eigenvalue weighted by Crippen LogP contribution is -2.09. The van der Waals surface area contributed by atoms with E-state index in [4.69, 9.17) is 5.11 Å². The fourth-order valence-electron chi connectivity index (χ4n) is 1.60. The zero-order chi connectivity index (χ0) is 13.9. The molecule has 2 aromatic rings. The Morgan fingerprint density at radius 3 is 2.58 bits per heavy atom. The monoisotopic (exact) mass is 260 g/mol. The number of nitrogens with zero attached hydrogens (tertiary/aromatic N) is 1. The maximum absolute atomic E-state index is 10.5. The molecule has 0 spiro atoms. The lowest BCUT2D eigenvalue weighted by atomic mass is 10.0. The van der Waals surface area contributed by atoms with Crippen LogP contribution in [0.2, 0.25) is 0 Å². The first-order valence-corrected chi connectivity index (χ1v) is 6.39. The summed E-state index contributed by atoms with van der Waals surface area (Å²) in [5, 5.41) is 8.68. The van der Waals surface area contributed by atoms with Gasteiger partial charge in [-0.15, -0.1) is 0 Å². The fraction of sp³-hybridized carbons (Fsp3) is 0.333. The smallest absolute Gasteiger partial charge is 0.306 e. The molecule has 102 valence electrons. The highest BCUT2D eigenvalue weighted by Crippen LogP contribution is 2.10. The van der Waals surface area contributed by atoms with Crippen LogP contribution in [0, 0.1) is 5.92 Å². The average Bonchev–Trinajstić information content (AvgIpc) is 2.99. The molecule has 4 nitrogen and oxygen atoms in total. The Bertz CT molecular complexity index is 423. The predicted molar refractivity (Wildman–Crippen MR) is 74.8 cm³/mol. The molecular weight excluding hydrogens is 240 g/mol. The molecule has 1 unspecified atom stereocenters. The second kappa shape index (κ2) is 8.91. The van der Waals surface area contributed by atoms with Gasteiger partial charge in [0.15, 0.2) is 0 Å². The number of benzene rings is 1. The summed E-state index contributed by atoms with van der Waals surface area (Å²) in [6.07, 6.45) is 7.75. The number of aromatic nitrogens is 2. The Balaban J connectivity index is 0.000000300. The number of carboxylic acid groups (broad SMARTS) is 1. The highest BCUT2D eigenvalue weighted by molar-refractivity contribution is 5.69. The summed E-state index contributed by atoms with van der Waals surface area (Å²) >= 11 is 0. The van der Waals surface area contributed by atoms with Gasteiger partial charge in [-0.1, -0.05) is 37.3 Å². The molecule has 0 aliphatic heterocycles. The summed E-state index contributed by atoms with van der Waals surface area (Å²) in [7, 11) is 0. The first-order valence-electron chi connectivity index (χ1n) is 6.39. The van der Waals surface area contributed by atoms with E-state index >= 15 is 0 Å². The Morgan fingerprint density at radius 1 is 1.37 bits per heavy atom. The number of carbonyl (C=O) groups is 1. The van der Waals surface area contributed by atoms with Crippen molar-refractivity contribution in [3.8, 4) is 0 Å². The standard InChI is InChI=1S/C12H16O2.C3H4N2/c1-10(12(13)14)6-5-9-11-7-3-2-4-8-11;1-2-5-3-4-1/h2-4,7-8,10H,5-6,9H2,1H3,(H,13,14);1-3H,(H,4,5). The number of rotatable bonds is 5. The van der Waals surface area contributed by atoms with Gasteiger partial charge < -0.3 is 10.1 Å². The topological polar surface area (TPSA) is 66.0 Å². The number of aliphatic carboxylic acids is 1. The third-order valence-electron chi connectivity index (χ3n) is 2.77. The van der Waals surface area contributed by atoms with Crippen molar-refractivity contribution in [1.82, 2.24) is 9.97 Å². The normalized spacial score (nSPS) is 11.2. The van der Waals surface area contributed by atoms with Gasteiger partial charge in [0, 0.05) is 12.4 Å². The lowest BCUT2D eigenvalue weighted by Gasteiger charge is -2.05. The minimum absolute atomic E-state index is 0.223. The van der Waals surface area contributed by atoms with Gasteiger partial charge in [-0.25, -0.2) is 4.98 Å². The quantitative estimate of drug-likeness (QED) is 0.868. The van der Waals surface area contributed by atoms with Crippen molar-refractivity contribution in [2.24, 2.45) is 5.92 Å². The molecule has 19 heavy (non-hydrogen) atoms. The van der Waals surface area contributed by atoms with Gasteiger partial charge in [0.2, 0.25) is 0 Å². The minimum Gasteiger partial charge on any atom is -0.481 e. The average molecular weight is 260 g/mol. The third-order valence-corrected chi connectivity index (χ3v) is 2.77. The molecule has 0 saturated carbocycles. The zero-order valence-electron chi connectivity index (χ0n) is 11.1. The van der Waals surface area contributed by atoms with Gasteiger partial charge in [-0.2, -0.15) is 0 Å². The molecule has 1 atom stereocenters. The Kier molecular flexibility index (Phi) is 7.02. The van der Waals surface area contributed by atoms with E-state index in [9.17, 15) is 4.79 Å². The minimum atomic E-state index is -0.696. The molecule has 0 aliphatic rings. The van der Waals surface area contributed by atoms with E-state index in [1.54, 1.807) is 25.6 Å². The van der Waals surface area contributed by atoms with Crippen LogP contribution in [0.25, 0.3) is 0 Å². The molecule has 4 heteroatoms. The summed E-state index contributed by atoms with van der Waals surface area (Å²) in [4.78, 5) is 17.0. The van der Waals surface area contributed by atoms with Crippen LogP contribution in [0.15, 0.2) is 49.1 Å². The van der Waals surface area contributed by atoms with Crippen LogP contribution in [-0.4, -0.2) is 21.0 Å². The number of H-pyrrole nitrogens is 1. The van der Waals surface area contributed by atoms with Crippen LogP contribution in [0.4, 0.5) is 0 Å². The number of aryl methyl sites for hydroxylation is 1. The molecule has 1 aromatic heterocycles. The molecule has 0 fully saturated rings. The van der Waals surface area contributed by atoms with E-state index in [0.717, 1.165) is 19.3 Å². The summed E-state index contributed by atoms with van der Waals surface area (Å²) in [5.74, 6) is -0.920. The van der Waals surface area contributed by atoms with Crippen LogP contribution in [0.3, 0.4) is 0 Å². The SMILES string of the molecule is CC(CCCc1ccccc1)C(=O)O.c1c[nH]cn1. The van der Waals surface area contributed by atoms with Gasteiger partial charge in [0.05, 0.1) is 12.2 Å². The Hall–Kier alpha value is -2.10. The van der Waals surface area contributed by atoms with Crippen molar-refractivity contribution in [2.75, 3.05) is 0 Å². The summed E-state index contributed by atoms with van der Waals surface area (Å²) < 4.78 is 0. The number of aromatic amines is 1. The molecule has 1 aromatic carbocycles. The predicted octanol–water partition coefficient (Wildman–Crippen LogP) is 3.14. The van der Waals surface area contributed by atoms with E-state index in [2.05, 4.69) is 22.1 Å². The van der Waals surface area contributed by atoms with Gasteiger partial charge in [0.25, 0.3) is 0 Å². The number of carboxylic acids is 1. The lowest BCUT2D eigenvalue weighted by molar-refractivity contribution is -0.141. The Labute approximate surface area is 113 Å². The van der Waals surface area contributed by atoms with Crippen molar-refractivity contribution in [1.29, 1.82) is 0 Å². The van der Waals surface area contributed by atoms with Crippen LogP contribution in [0.5, 0.6) is 0 Å². The van der Waals surface area contributed by atoms with Crippen LogP contribution >= 0.6 is 0 Å². The highest BCUT2D eigenvalue weighted by atomic mass is 16.4. The molecular formula is C15H20N2O2. The van der Waals surface area contributed by atoms with E-state index in [-0.39, 0.29) is 5.92 Å². The second-order valence-electron chi connectivity index (χ2n) is 4.38. The number of nitrogens with one attached hydrogen (secondary N) is 1. The van der Waals surface area contributed by atoms with E-state index in [1.165, 1.54) is 5.56 Å². The maximum Gasteiger partial charge on any atom is 0.306 e. The maximum atomic E-state index is 10.5. The number of imidazole rings is 1. The molecule has 2 rings (SSSR count). The summed E-state index contributed by atoms with van der Waals surface area (Å²) in [5.41, 5.74) is 1.28. The molecule has 2 N–H and O–H groups in total. The molecule has 0 radical (unpaired) electrons. The van der Waals surface area contributed by atoms with Crippen LogP contribution in [-0.2, 0) is 11.2 Å². The molecule has 0 aliphatic carbocycles. The summed E-state index contributed by atoms with van der Waals surface area (Å²) in [6, 6.07) is 10.2. The second-order valence-corrected chi connectivity index (χ2v) is 4.38. The van der Waals surface area contributed by atoms with Crippen LogP contribution < -0.4 is 0 Å². The van der Waals surface area contributed by atoms with Gasteiger partial charge in [-0.3, -0.25) is 4.79 Å². The molecule has 0 amide bonds. The van der Waals surface area contributed by atoms with E-state index < -0.39 is 5.97 Å². The largest absolute Gasteiger partial charge is 0.481 e. The summed E-state index contributed by atoms with van der Waals surface area (Å²) in [6.45, 7) is 1.76. The third kappa shape index (κ3) is 7.03. The van der Waals surface area contributed by atoms with E-state index in [0.29, 0.717) is 0 Å². The van der Waals surface area contributed by atoms with Gasteiger partial charge >= 0.3 is 5.97 Å².